The van der Waals surface area contributed by atoms with Gasteiger partial charge in [0.25, 0.3) is 0 Å². The van der Waals surface area contributed by atoms with Crippen LogP contribution in [-0.2, 0) is 4.79 Å². The maximum Gasteiger partial charge on any atom is 0.133 e. The van der Waals surface area contributed by atoms with Crippen LogP contribution in [0.4, 0.5) is 0 Å². The van der Waals surface area contributed by atoms with Gasteiger partial charge in [0.05, 0.1) is 0 Å². The van der Waals surface area contributed by atoms with Gasteiger partial charge in [0.1, 0.15) is 5.78 Å². The first-order valence-electron chi connectivity index (χ1n) is 7.27. The number of rotatable bonds is 0. The Hall–Kier alpha value is -0.590. The molecule has 0 amide bonds. The van der Waals surface area contributed by atoms with E-state index in [1.54, 1.807) is 5.57 Å². The second-order valence-corrected chi connectivity index (χ2v) is 6.88. The van der Waals surface area contributed by atoms with Crippen molar-refractivity contribution in [2.24, 2.45) is 23.2 Å². The molecule has 0 heterocycles. The molecule has 3 aliphatic carbocycles. The van der Waals surface area contributed by atoms with Crippen molar-refractivity contribution in [1.82, 2.24) is 0 Å². The number of fused-ring (bicyclic) bond motifs is 3. The van der Waals surface area contributed by atoms with Crippen molar-refractivity contribution < 1.29 is 4.79 Å². The van der Waals surface area contributed by atoms with Crippen LogP contribution >= 0.6 is 0 Å². The van der Waals surface area contributed by atoms with Crippen LogP contribution in [0, 0.1) is 23.2 Å². The first-order valence-corrected chi connectivity index (χ1v) is 7.27. The van der Waals surface area contributed by atoms with Crippen LogP contribution in [0.25, 0.3) is 0 Å². The van der Waals surface area contributed by atoms with E-state index in [1.807, 2.05) is 0 Å². The summed E-state index contributed by atoms with van der Waals surface area (Å²) in [6, 6.07) is 0. The van der Waals surface area contributed by atoms with Crippen molar-refractivity contribution in [3.05, 3.63) is 11.6 Å². The van der Waals surface area contributed by atoms with E-state index >= 15 is 0 Å². The summed E-state index contributed by atoms with van der Waals surface area (Å²) >= 11 is 0. The fraction of sp³-hybridized carbons (Fsp3) is 0.812. The van der Waals surface area contributed by atoms with Gasteiger partial charge in [0, 0.05) is 12.8 Å². The number of carbonyl (C=O) groups excluding carboxylic acids is 1. The van der Waals surface area contributed by atoms with Gasteiger partial charge in [0.2, 0.25) is 0 Å². The Morgan fingerprint density at radius 1 is 1.29 bits per heavy atom. The third kappa shape index (κ3) is 1.78. The zero-order valence-electron chi connectivity index (χ0n) is 11.2. The highest BCUT2D eigenvalue weighted by atomic mass is 16.1. The molecule has 3 rings (SSSR count). The van der Waals surface area contributed by atoms with Crippen molar-refractivity contribution in [2.45, 2.75) is 58.8 Å². The van der Waals surface area contributed by atoms with E-state index in [0.29, 0.717) is 17.1 Å². The Labute approximate surface area is 105 Å². The fourth-order valence-electron chi connectivity index (χ4n) is 4.83. The molecule has 0 aromatic heterocycles. The Morgan fingerprint density at radius 2 is 2.12 bits per heavy atom. The van der Waals surface area contributed by atoms with Crippen LogP contribution in [-0.4, -0.2) is 5.78 Å². The van der Waals surface area contributed by atoms with Gasteiger partial charge >= 0.3 is 0 Å². The molecule has 2 fully saturated rings. The summed E-state index contributed by atoms with van der Waals surface area (Å²) < 4.78 is 0. The summed E-state index contributed by atoms with van der Waals surface area (Å²) in [6.07, 6.45) is 10.6. The van der Waals surface area contributed by atoms with E-state index in [4.69, 9.17) is 0 Å². The van der Waals surface area contributed by atoms with Crippen LogP contribution in [0.1, 0.15) is 58.8 Å². The first-order chi connectivity index (χ1) is 8.09. The molecular weight excluding hydrogens is 208 g/mol. The number of ketones is 1. The summed E-state index contributed by atoms with van der Waals surface area (Å²) in [5.74, 6) is 2.98. The Bertz CT molecular complexity index is 368. The highest BCUT2D eigenvalue weighted by Gasteiger charge is 2.50. The van der Waals surface area contributed by atoms with Gasteiger partial charge in [0.15, 0.2) is 0 Å². The molecule has 0 N–H and O–H groups in total. The van der Waals surface area contributed by atoms with Gasteiger partial charge < -0.3 is 0 Å². The van der Waals surface area contributed by atoms with E-state index in [1.165, 1.54) is 25.7 Å². The van der Waals surface area contributed by atoms with Crippen molar-refractivity contribution in [2.75, 3.05) is 0 Å². The molecule has 94 valence electrons. The largest absolute Gasteiger partial charge is 0.300 e. The summed E-state index contributed by atoms with van der Waals surface area (Å²) in [5, 5.41) is 0. The maximum atomic E-state index is 11.7. The molecule has 17 heavy (non-hydrogen) atoms. The predicted molar refractivity (Wildman–Crippen MR) is 69.7 cm³/mol. The second kappa shape index (κ2) is 3.96. The number of Topliss-reactive ketones (excluding diaryl/α,β-unsaturated/α-hetero) is 1. The fourth-order valence-corrected chi connectivity index (χ4v) is 4.83. The number of hydrogen-bond donors (Lipinski definition) is 0. The number of hydrogen-bond acceptors (Lipinski definition) is 1. The zero-order chi connectivity index (χ0) is 12.0. The Morgan fingerprint density at radius 3 is 2.94 bits per heavy atom. The number of allylic oxidation sites excluding steroid dienone is 2. The molecule has 4 atom stereocenters. The lowest BCUT2D eigenvalue weighted by Gasteiger charge is -2.54. The van der Waals surface area contributed by atoms with Gasteiger partial charge in [-0.3, -0.25) is 4.79 Å². The molecule has 0 aromatic rings. The molecule has 1 heteroatoms. The van der Waals surface area contributed by atoms with Gasteiger partial charge in [-0.15, -0.1) is 0 Å². The molecule has 0 aliphatic heterocycles. The van der Waals surface area contributed by atoms with Crippen molar-refractivity contribution >= 4 is 5.78 Å². The van der Waals surface area contributed by atoms with E-state index in [9.17, 15) is 4.79 Å². The predicted octanol–water partition coefficient (Wildman–Crippen LogP) is 4.13. The number of carbonyl (C=O) groups is 1. The summed E-state index contributed by atoms with van der Waals surface area (Å²) in [4.78, 5) is 11.7. The molecule has 0 unspecified atom stereocenters. The molecule has 0 saturated heterocycles. The van der Waals surface area contributed by atoms with Crippen LogP contribution in [0.2, 0.25) is 0 Å². The molecule has 0 radical (unpaired) electrons. The summed E-state index contributed by atoms with van der Waals surface area (Å²) in [5.41, 5.74) is 2.06. The highest BCUT2D eigenvalue weighted by molar-refractivity contribution is 5.79. The van der Waals surface area contributed by atoms with Crippen molar-refractivity contribution in [3.63, 3.8) is 0 Å². The lowest BCUT2D eigenvalue weighted by Crippen LogP contribution is -2.47. The second-order valence-electron chi connectivity index (χ2n) is 6.88. The van der Waals surface area contributed by atoms with E-state index in [-0.39, 0.29) is 0 Å². The minimum absolute atomic E-state index is 0.466. The minimum Gasteiger partial charge on any atom is -0.300 e. The van der Waals surface area contributed by atoms with Gasteiger partial charge in [-0.25, -0.2) is 0 Å². The van der Waals surface area contributed by atoms with E-state index in [2.05, 4.69) is 19.9 Å². The topological polar surface area (TPSA) is 17.1 Å². The minimum atomic E-state index is 0.466. The van der Waals surface area contributed by atoms with Crippen LogP contribution < -0.4 is 0 Å². The average Bonchev–Trinajstić information content (AvgIpc) is 2.30. The summed E-state index contributed by atoms with van der Waals surface area (Å²) in [6.45, 7) is 4.77. The van der Waals surface area contributed by atoms with Crippen LogP contribution in [0.15, 0.2) is 11.6 Å². The van der Waals surface area contributed by atoms with Crippen molar-refractivity contribution in [1.29, 1.82) is 0 Å². The smallest absolute Gasteiger partial charge is 0.133 e. The first kappa shape index (κ1) is 11.5. The highest BCUT2D eigenvalue weighted by Crippen LogP contribution is 2.58. The molecule has 2 saturated carbocycles. The van der Waals surface area contributed by atoms with Crippen LogP contribution in [0.3, 0.4) is 0 Å². The Kier molecular flexibility index (Phi) is 2.68. The van der Waals surface area contributed by atoms with Crippen LogP contribution in [0.5, 0.6) is 0 Å². The van der Waals surface area contributed by atoms with Gasteiger partial charge in [-0.2, -0.15) is 0 Å². The van der Waals surface area contributed by atoms with Gasteiger partial charge in [-0.05, 0) is 62.2 Å². The third-order valence-electron chi connectivity index (χ3n) is 5.96. The molecule has 1 nitrogen and oxygen atoms in total. The summed E-state index contributed by atoms with van der Waals surface area (Å²) in [7, 11) is 0. The third-order valence-corrected chi connectivity index (χ3v) is 5.96. The lowest BCUT2D eigenvalue weighted by molar-refractivity contribution is -0.130. The van der Waals surface area contributed by atoms with Gasteiger partial charge in [-0.1, -0.05) is 18.6 Å². The zero-order valence-corrected chi connectivity index (χ0v) is 11.2. The molecule has 3 aliphatic rings. The quantitative estimate of drug-likeness (QED) is 0.574. The Balaban J connectivity index is 1.87. The standard InChI is InChI=1S/C16H24O/c1-11-3-6-15-12(9-11)4-5-13-10-14(17)7-8-16(13,15)2/h3,12-13,15H,4-10H2,1-2H3/t12-,13+,15-,16-/m0/s1. The van der Waals surface area contributed by atoms with E-state index in [0.717, 1.165) is 31.1 Å². The molecule has 0 aromatic carbocycles. The lowest BCUT2D eigenvalue weighted by atomic mass is 9.50. The average molecular weight is 232 g/mol. The van der Waals surface area contributed by atoms with E-state index < -0.39 is 0 Å². The SMILES string of the molecule is CC1=CC[C@H]2[C@@H](CC[C@@H]3CC(=O)CC[C@@]32C)C1. The molecular formula is C16H24O. The molecule has 0 spiro atoms. The molecule has 0 bridgehead atoms. The maximum absolute atomic E-state index is 11.7. The van der Waals surface area contributed by atoms with Crippen molar-refractivity contribution in [3.8, 4) is 0 Å². The monoisotopic (exact) mass is 232 g/mol. The normalized spacial score (nSPS) is 45.9.